The van der Waals surface area contributed by atoms with Crippen molar-refractivity contribution in [3.63, 3.8) is 0 Å². The normalized spacial score (nSPS) is 11.0. The number of fused-ring (bicyclic) bond motifs is 1. The van der Waals surface area contributed by atoms with Crippen LogP contribution in [0.15, 0.2) is 94.5 Å². The summed E-state index contributed by atoms with van der Waals surface area (Å²) < 4.78 is 19.8. The van der Waals surface area contributed by atoms with E-state index in [1.165, 1.54) is 12.1 Å². The molecule has 6 heteroatoms. The summed E-state index contributed by atoms with van der Waals surface area (Å²) in [6.45, 7) is 0.281. The minimum absolute atomic E-state index is 0.281. The van der Waals surface area contributed by atoms with Gasteiger partial charge in [-0.25, -0.2) is 9.82 Å². The van der Waals surface area contributed by atoms with Crippen molar-refractivity contribution in [1.29, 1.82) is 0 Å². The van der Waals surface area contributed by atoms with Crippen LogP contribution >= 0.6 is 15.9 Å². The Morgan fingerprint density at radius 2 is 1.71 bits per heavy atom. The number of hydrogen-bond donors (Lipinski definition) is 1. The second-order valence-electron chi connectivity index (χ2n) is 6.79. The van der Waals surface area contributed by atoms with Gasteiger partial charge in [0.25, 0.3) is 5.91 Å². The third-order valence-corrected chi connectivity index (χ3v) is 5.41. The van der Waals surface area contributed by atoms with Gasteiger partial charge in [0.05, 0.1) is 11.8 Å². The third kappa shape index (κ3) is 4.98. The first-order valence-electron chi connectivity index (χ1n) is 9.59. The largest absolute Gasteiger partial charge is 0.488 e. The molecule has 0 saturated carbocycles. The molecule has 0 aliphatic heterocycles. The van der Waals surface area contributed by atoms with Crippen LogP contribution in [0.25, 0.3) is 10.8 Å². The molecule has 0 spiro atoms. The lowest BCUT2D eigenvalue weighted by Crippen LogP contribution is -2.18. The van der Waals surface area contributed by atoms with E-state index < -0.39 is 0 Å². The van der Waals surface area contributed by atoms with E-state index in [-0.39, 0.29) is 18.3 Å². The van der Waals surface area contributed by atoms with Gasteiger partial charge < -0.3 is 4.74 Å². The quantitative estimate of drug-likeness (QED) is 0.270. The van der Waals surface area contributed by atoms with Crippen LogP contribution in [0, 0.1) is 5.82 Å². The summed E-state index contributed by atoms with van der Waals surface area (Å²) in [5.41, 5.74) is 4.64. The molecule has 0 saturated heterocycles. The van der Waals surface area contributed by atoms with Gasteiger partial charge >= 0.3 is 0 Å². The molecule has 0 aliphatic rings. The Morgan fingerprint density at radius 3 is 2.52 bits per heavy atom. The summed E-state index contributed by atoms with van der Waals surface area (Å²) in [4.78, 5) is 12.4. The smallest absolute Gasteiger partial charge is 0.272 e. The van der Waals surface area contributed by atoms with Gasteiger partial charge in [-0.2, -0.15) is 5.10 Å². The van der Waals surface area contributed by atoms with Crippen molar-refractivity contribution in [1.82, 2.24) is 5.43 Å². The standard InChI is InChI=1S/C25H18BrFN2O2/c26-23-8-4-3-7-21(23)25(30)29-28-15-22-20-6-2-1-5-18(20)11-14-24(22)31-16-17-9-12-19(27)13-10-17/h1-15H,16H2,(H,29,30)/b28-15-. The Hall–Kier alpha value is -3.51. The van der Waals surface area contributed by atoms with Gasteiger partial charge in [-0.15, -0.1) is 0 Å². The van der Waals surface area contributed by atoms with E-state index in [0.717, 1.165) is 21.9 Å². The van der Waals surface area contributed by atoms with Gasteiger partial charge in [0.1, 0.15) is 18.2 Å². The molecule has 154 valence electrons. The fourth-order valence-corrected chi connectivity index (χ4v) is 3.60. The summed E-state index contributed by atoms with van der Waals surface area (Å²) in [7, 11) is 0. The van der Waals surface area contributed by atoms with E-state index in [4.69, 9.17) is 4.74 Å². The molecule has 4 aromatic carbocycles. The molecule has 0 fully saturated rings. The molecule has 0 aliphatic carbocycles. The maximum atomic E-state index is 13.1. The number of carbonyl (C=O) groups is 1. The summed E-state index contributed by atoms with van der Waals surface area (Å²) in [6, 6.07) is 25.0. The Morgan fingerprint density at radius 1 is 0.968 bits per heavy atom. The summed E-state index contributed by atoms with van der Waals surface area (Å²) >= 11 is 3.37. The molecule has 1 N–H and O–H groups in total. The number of amides is 1. The molecule has 1 amide bonds. The van der Waals surface area contributed by atoms with Crippen LogP contribution in [-0.4, -0.2) is 12.1 Å². The topological polar surface area (TPSA) is 50.7 Å². The van der Waals surface area contributed by atoms with E-state index in [1.54, 1.807) is 36.5 Å². The van der Waals surface area contributed by atoms with Gasteiger partial charge in [0, 0.05) is 10.0 Å². The first-order chi connectivity index (χ1) is 15.1. The second-order valence-corrected chi connectivity index (χ2v) is 7.65. The fourth-order valence-electron chi connectivity index (χ4n) is 3.14. The number of hydrogen-bond acceptors (Lipinski definition) is 3. The first-order valence-corrected chi connectivity index (χ1v) is 10.4. The van der Waals surface area contributed by atoms with Crippen molar-refractivity contribution < 1.29 is 13.9 Å². The number of ether oxygens (including phenoxy) is 1. The first kappa shape index (κ1) is 20.8. The lowest BCUT2D eigenvalue weighted by molar-refractivity contribution is 0.0954. The highest BCUT2D eigenvalue weighted by molar-refractivity contribution is 9.10. The molecule has 0 atom stereocenters. The molecule has 0 unspecified atom stereocenters. The molecule has 31 heavy (non-hydrogen) atoms. The maximum Gasteiger partial charge on any atom is 0.272 e. The number of benzene rings is 4. The average Bonchev–Trinajstić information content (AvgIpc) is 2.79. The van der Waals surface area contributed by atoms with E-state index in [9.17, 15) is 9.18 Å². The highest BCUT2D eigenvalue weighted by Gasteiger charge is 2.10. The van der Waals surface area contributed by atoms with Gasteiger partial charge in [0.2, 0.25) is 0 Å². The highest BCUT2D eigenvalue weighted by Crippen LogP contribution is 2.27. The highest BCUT2D eigenvalue weighted by atomic mass is 79.9. The zero-order valence-electron chi connectivity index (χ0n) is 16.4. The van der Waals surface area contributed by atoms with Crippen LogP contribution in [0.4, 0.5) is 4.39 Å². The van der Waals surface area contributed by atoms with Crippen LogP contribution < -0.4 is 10.2 Å². The Labute approximate surface area is 187 Å². The minimum Gasteiger partial charge on any atom is -0.488 e. The minimum atomic E-state index is -0.322. The lowest BCUT2D eigenvalue weighted by Gasteiger charge is -2.12. The zero-order valence-corrected chi connectivity index (χ0v) is 18.0. The fraction of sp³-hybridized carbons (Fsp3) is 0.0400. The SMILES string of the molecule is O=C(N/N=C\c1c(OCc2ccc(F)cc2)ccc2ccccc12)c1ccccc1Br. The molecule has 0 radical (unpaired) electrons. The van der Waals surface area contributed by atoms with Gasteiger partial charge in [-0.1, -0.05) is 54.6 Å². The predicted octanol–water partition coefficient (Wildman–Crippen LogP) is 6.08. The molecule has 0 heterocycles. The van der Waals surface area contributed by atoms with E-state index >= 15 is 0 Å². The van der Waals surface area contributed by atoms with Crippen molar-refractivity contribution in [2.75, 3.05) is 0 Å². The molecule has 0 aromatic heterocycles. The van der Waals surface area contributed by atoms with Crippen molar-refractivity contribution in [2.24, 2.45) is 5.10 Å². The van der Waals surface area contributed by atoms with E-state index in [2.05, 4.69) is 26.5 Å². The van der Waals surface area contributed by atoms with Gasteiger partial charge in [0.15, 0.2) is 0 Å². The number of carbonyl (C=O) groups excluding carboxylic acids is 1. The number of rotatable bonds is 6. The van der Waals surface area contributed by atoms with E-state index in [1.807, 2.05) is 42.5 Å². The predicted molar refractivity (Wildman–Crippen MR) is 124 cm³/mol. The van der Waals surface area contributed by atoms with Crippen LogP contribution in [-0.2, 0) is 6.61 Å². The molecule has 4 nitrogen and oxygen atoms in total. The molecule has 4 rings (SSSR count). The maximum absolute atomic E-state index is 13.1. The van der Waals surface area contributed by atoms with Gasteiger partial charge in [-0.3, -0.25) is 4.79 Å². The number of halogens is 2. The van der Waals surface area contributed by atoms with E-state index in [0.29, 0.717) is 15.8 Å². The molecular formula is C25H18BrFN2O2. The van der Waals surface area contributed by atoms with Crippen molar-refractivity contribution in [3.8, 4) is 5.75 Å². The number of nitrogens with one attached hydrogen (secondary N) is 1. The van der Waals surface area contributed by atoms with Crippen LogP contribution in [0.5, 0.6) is 5.75 Å². The monoisotopic (exact) mass is 476 g/mol. The van der Waals surface area contributed by atoms with Gasteiger partial charge in [-0.05, 0) is 62.6 Å². The Balaban J connectivity index is 1.59. The Kier molecular flexibility index (Phi) is 6.38. The van der Waals surface area contributed by atoms with Crippen molar-refractivity contribution >= 4 is 38.8 Å². The molecule has 4 aromatic rings. The Bertz CT molecular complexity index is 1260. The average molecular weight is 477 g/mol. The molecular weight excluding hydrogens is 459 g/mol. The summed E-state index contributed by atoms with van der Waals surface area (Å²) in [6.07, 6.45) is 1.58. The number of hydrazone groups is 1. The van der Waals surface area contributed by atoms with Crippen LogP contribution in [0.3, 0.4) is 0 Å². The van der Waals surface area contributed by atoms with Crippen LogP contribution in [0.2, 0.25) is 0 Å². The van der Waals surface area contributed by atoms with Crippen molar-refractivity contribution in [2.45, 2.75) is 6.61 Å². The molecule has 0 bridgehead atoms. The second kappa shape index (κ2) is 9.53. The third-order valence-electron chi connectivity index (χ3n) is 4.72. The lowest BCUT2D eigenvalue weighted by atomic mass is 10.0. The number of nitrogens with zero attached hydrogens (tertiary/aromatic N) is 1. The summed E-state index contributed by atoms with van der Waals surface area (Å²) in [5, 5.41) is 6.13. The summed E-state index contributed by atoms with van der Waals surface area (Å²) in [5.74, 6) is 0.00253. The van der Waals surface area contributed by atoms with Crippen molar-refractivity contribution in [3.05, 3.63) is 112 Å². The van der Waals surface area contributed by atoms with Crippen LogP contribution in [0.1, 0.15) is 21.5 Å². The zero-order chi connectivity index (χ0) is 21.6.